The smallest absolute Gasteiger partial charge is 0.337 e. The lowest BCUT2D eigenvalue weighted by molar-refractivity contribution is -0.116. The number of benzene rings is 1. The number of hydrogen-bond donors (Lipinski definition) is 3. The lowest BCUT2D eigenvalue weighted by Gasteiger charge is -2.06. The Morgan fingerprint density at radius 1 is 1.36 bits per heavy atom. The lowest BCUT2D eigenvalue weighted by Crippen LogP contribution is -2.22. The number of aromatic carboxylic acids is 1. The monoisotopic (exact) mass is 194 g/mol. The molecule has 1 rings (SSSR count). The number of carboxylic acid groups (broad SMARTS) is 1. The lowest BCUT2D eigenvalue weighted by atomic mass is 10.2. The minimum atomic E-state index is -1.04. The second kappa shape index (κ2) is 4.27. The first-order valence-corrected chi connectivity index (χ1v) is 3.95. The van der Waals surface area contributed by atoms with Crippen molar-refractivity contribution in [3.63, 3.8) is 0 Å². The molecule has 0 aliphatic rings. The Labute approximate surface area is 80.5 Å². The van der Waals surface area contributed by atoms with E-state index in [2.05, 4.69) is 5.32 Å². The van der Waals surface area contributed by atoms with Crippen molar-refractivity contribution in [3.05, 3.63) is 29.8 Å². The summed E-state index contributed by atoms with van der Waals surface area (Å²) >= 11 is 0. The van der Waals surface area contributed by atoms with Gasteiger partial charge in [0.2, 0.25) is 5.91 Å². The number of rotatable bonds is 4. The van der Waals surface area contributed by atoms with Crippen molar-refractivity contribution in [2.45, 2.75) is 0 Å². The van der Waals surface area contributed by atoms with Crippen molar-refractivity contribution in [2.24, 2.45) is 5.73 Å². The van der Waals surface area contributed by atoms with Gasteiger partial charge in [0.05, 0.1) is 12.1 Å². The standard InChI is InChI=1S/C9H10N2O3/c10-8(12)5-11-7-4-2-1-3-6(7)9(13)14/h1-4,11H,5H2,(H2,10,12)(H,13,14). The largest absolute Gasteiger partial charge is 0.478 e. The van der Waals surface area contributed by atoms with E-state index in [0.29, 0.717) is 5.69 Å². The van der Waals surface area contributed by atoms with E-state index in [-0.39, 0.29) is 12.1 Å². The first-order chi connectivity index (χ1) is 6.61. The van der Waals surface area contributed by atoms with E-state index in [4.69, 9.17) is 10.8 Å². The SMILES string of the molecule is NC(=O)CNc1ccccc1C(=O)O. The maximum absolute atomic E-state index is 10.7. The molecule has 0 unspecified atom stereocenters. The molecule has 0 bridgehead atoms. The Morgan fingerprint density at radius 2 is 2.00 bits per heavy atom. The van der Waals surface area contributed by atoms with Crippen molar-refractivity contribution in [1.82, 2.24) is 0 Å². The molecule has 0 atom stereocenters. The zero-order valence-corrected chi connectivity index (χ0v) is 7.36. The van der Waals surface area contributed by atoms with Crippen LogP contribution >= 0.6 is 0 Å². The first kappa shape index (κ1) is 10.0. The summed E-state index contributed by atoms with van der Waals surface area (Å²) in [5, 5.41) is 11.4. The fraction of sp³-hybridized carbons (Fsp3) is 0.111. The van der Waals surface area contributed by atoms with Crippen LogP contribution in [0.1, 0.15) is 10.4 Å². The van der Waals surface area contributed by atoms with Crippen molar-refractivity contribution in [1.29, 1.82) is 0 Å². The molecule has 1 aromatic rings. The molecule has 0 heterocycles. The van der Waals surface area contributed by atoms with Crippen LogP contribution in [0.4, 0.5) is 5.69 Å². The summed E-state index contributed by atoms with van der Waals surface area (Å²) in [7, 11) is 0. The van der Waals surface area contributed by atoms with E-state index in [1.165, 1.54) is 6.07 Å². The van der Waals surface area contributed by atoms with Crippen molar-refractivity contribution in [2.75, 3.05) is 11.9 Å². The average Bonchev–Trinajstić information content (AvgIpc) is 2.15. The van der Waals surface area contributed by atoms with Gasteiger partial charge in [-0.2, -0.15) is 0 Å². The maximum atomic E-state index is 10.7. The molecule has 0 fully saturated rings. The molecule has 4 N–H and O–H groups in total. The predicted molar refractivity (Wildman–Crippen MR) is 51.1 cm³/mol. The number of para-hydroxylation sites is 1. The number of hydrogen-bond acceptors (Lipinski definition) is 3. The maximum Gasteiger partial charge on any atom is 0.337 e. The Kier molecular flexibility index (Phi) is 3.06. The highest BCUT2D eigenvalue weighted by Gasteiger charge is 2.08. The third-order valence-corrected chi connectivity index (χ3v) is 1.61. The van der Waals surface area contributed by atoms with Crippen LogP contribution in [0.3, 0.4) is 0 Å². The molecule has 0 aliphatic carbocycles. The number of primary amides is 1. The number of nitrogens with two attached hydrogens (primary N) is 1. The fourth-order valence-electron chi connectivity index (χ4n) is 1.01. The summed E-state index contributed by atoms with van der Waals surface area (Å²) in [6.45, 7) is -0.0791. The van der Waals surface area contributed by atoms with E-state index >= 15 is 0 Å². The Hall–Kier alpha value is -2.04. The van der Waals surface area contributed by atoms with Crippen LogP contribution in [0, 0.1) is 0 Å². The fourth-order valence-corrected chi connectivity index (χ4v) is 1.01. The second-order valence-corrected chi connectivity index (χ2v) is 2.67. The van der Waals surface area contributed by atoms with Crippen molar-refractivity contribution in [3.8, 4) is 0 Å². The third-order valence-electron chi connectivity index (χ3n) is 1.61. The van der Waals surface area contributed by atoms with Crippen LogP contribution in [0.2, 0.25) is 0 Å². The van der Waals surface area contributed by atoms with Gasteiger partial charge < -0.3 is 16.2 Å². The average molecular weight is 194 g/mol. The molecular weight excluding hydrogens is 184 g/mol. The third kappa shape index (κ3) is 2.48. The summed E-state index contributed by atoms with van der Waals surface area (Å²) in [6, 6.07) is 6.31. The van der Waals surface area contributed by atoms with Gasteiger partial charge in [-0.15, -0.1) is 0 Å². The van der Waals surface area contributed by atoms with Gasteiger partial charge >= 0.3 is 5.97 Å². The number of amides is 1. The molecule has 0 aromatic heterocycles. The van der Waals surface area contributed by atoms with Gasteiger partial charge in [-0.05, 0) is 12.1 Å². The minimum Gasteiger partial charge on any atom is -0.478 e. The minimum absolute atomic E-state index is 0.0791. The zero-order valence-electron chi connectivity index (χ0n) is 7.36. The molecule has 0 spiro atoms. The highest BCUT2D eigenvalue weighted by molar-refractivity contribution is 5.94. The van der Waals surface area contributed by atoms with Gasteiger partial charge in [0.25, 0.3) is 0 Å². The van der Waals surface area contributed by atoms with Crippen molar-refractivity contribution < 1.29 is 14.7 Å². The molecule has 0 aliphatic heterocycles. The number of anilines is 1. The first-order valence-electron chi connectivity index (χ1n) is 3.95. The summed E-state index contributed by atoms with van der Waals surface area (Å²) in [5.41, 5.74) is 5.42. The second-order valence-electron chi connectivity index (χ2n) is 2.67. The van der Waals surface area contributed by atoms with Crippen LogP contribution in [-0.2, 0) is 4.79 Å². The summed E-state index contributed by atoms with van der Waals surface area (Å²) in [5.74, 6) is -1.58. The highest BCUT2D eigenvalue weighted by Crippen LogP contribution is 2.13. The van der Waals surface area contributed by atoms with Crippen LogP contribution < -0.4 is 11.1 Å². The van der Waals surface area contributed by atoms with Gasteiger partial charge in [0, 0.05) is 5.69 Å². The van der Waals surface area contributed by atoms with Crippen LogP contribution in [0.5, 0.6) is 0 Å². The van der Waals surface area contributed by atoms with E-state index in [1.807, 2.05) is 0 Å². The van der Waals surface area contributed by atoms with Crippen molar-refractivity contribution >= 4 is 17.6 Å². The normalized spacial score (nSPS) is 9.43. The van der Waals surface area contributed by atoms with Crippen LogP contribution in [-0.4, -0.2) is 23.5 Å². The quantitative estimate of drug-likeness (QED) is 0.642. The molecule has 5 heteroatoms. The molecule has 0 saturated heterocycles. The van der Waals surface area contributed by atoms with Gasteiger partial charge in [-0.1, -0.05) is 12.1 Å². The summed E-state index contributed by atoms with van der Waals surface area (Å²) in [4.78, 5) is 21.2. The number of carbonyl (C=O) groups excluding carboxylic acids is 1. The molecule has 74 valence electrons. The topological polar surface area (TPSA) is 92.4 Å². The van der Waals surface area contributed by atoms with Crippen LogP contribution in [0.25, 0.3) is 0 Å². The zero-order chi connectivity index (χ0) is 10.6. The molecule has 0 saturated carbocycles. The Balaban J connectivity index is 2.84. The molecule has 1 amide bonds. The van der Waals surface area contributed by atoms with Gasteiger partial charge in [-0.3, -0.25) is 4.79 Å². The molecular formula is C9H10N2O3. The number of carbonyl (C=O) groups is 2. The van der Waals surface area contributed by atoms with E-state index in [9.17, 15) is 9.59 Å². The predicted octanol–water partition coefficient (Wildman–Crippen LogP) is 0.282. The van der Waals surface area contributed by atoms with Gasteiger partial charge in [-0.25, -0.2) is 4.79 Å². The number of nitrogens with one attached hydrogen (secondary N) is 1. The molecule has 5 nitrogen and oxygen atoms in total. The van der Waals surface area contributed by atoms with E-state index in [1.54, 1.807) is 18.2 Å². The van der Waals surface area contributed by atoms with E-state index in [0.717, 1.165) is 0 Å². The van der Waals surface area contributed by atoms with Gasteiger partial charge in [0.15, 0.2) is 0 Å². The molecule has 14 heavy (non-hydrogen) atoms. The Morgan fingerprint density at radius 3 is 2.57 bits per heavy atom. The summed E-state index contributed by atoms with van der Waals surface area (Å²) < 4.78 is 0. The van der Waals surface area contributed by atoms with E-state index < -0.39 is 11.9 Å². The Bertz CT molecular complexity index is 363. The molecule has 0 radical (unpaired) electrons. The highest BCUT2D eigenvalue weighted by atomic mass is 16.4. The number of carboxylic acids is 1. The van der Waals surface area contributed by atoms with Crippen LogP contribution in [0.15, 0.2) is 24.3 Å². The van der Waals surface area contributed by atoms with Gasteiger partial charge in [0.1, 0.15) is 0 Å². The summed E-state index contributed by atoms with van der Waals surface area (Å²) in [6.07, 6.45) is 0. The molecule has 1 aromatic carbocycles.